The average molecular weight is 317 g/mol. The van der Waals surface area contributed by atoms with Crippen LogP contribution in [0, 0.1) is 6.92 Å². The van der Waals surface area contributed by atoms with Crippen molar-refractivity contribution in [2.24, 2.45) is 0 Å². The lowest BCUT2D eigenvalue weighted by molar-refractivity contribution is -0.137. The number of aliphatic carboxylic acids is 1. The molecule has 0 bridgehead atoms. The van der Waals surface area contributed by atoms with E-state index in [9.17, 15) is 13.2 Å². The molecule has 0 heterocycles. The van der Waals surface area contributed by atoms with E-state index < -0.39 is 22.5 Å². The Hall–Kier alpha value is -1.64. The highest BCUT2D eigenvalue weighted by atomic mass is 32.2. The van der Waals surface area contributed by atoms with Crippen LogP contribution in [0.15, 0.2) is 23.1 Å². The molecule has 0 fully saturated rings. The van der Waals surface area contributed by atoms with Gasteiger partial charge in [-0.25, -0.2) is 8.42 Å². The molecule has 0 saturated carbocycles. The second kappa shape index (κ2) is 7.39. The average Bonchev–Trinajstić information content (AvgIpc) is 2.42. The largest absolute Gasteiger partial charge is 0.496 e. The summed E-state index contributed by atoms with van der Waals surface area (Å²) in [5.41, 5.74) is 0.653. The maximum absolute atomic E-state index is 12.5. The van der Waals surface area contributed by atoms with Crippen molar-refractivity contribution in [2.45, 2.75) is 11.8 Å². The second-order valence-electron chi connectivity index (χ2n) is 4.36. The van der Waals surface area contributed by atoms with Gasteiger partial charge in [-0.1, -0.05) is 0 Å². The highest BCUT2D eigenvalue weighted by Crippen LogP contribution is 2.23. The Morgan fingerprint density at radius 2 is 2.00 bits per heavy atom. The molecule has 1 aromatic carbocycles. The van der Waals surface area contributed by atoms with Crippen LogP contribution >= 0.6 is 0 Å². The monoisotopic (exact) mass is 317 g/mol. The Morgan fingerprint density at radius 1 is 1.33 bits per heavy atom. The third-order valence-corrected chi connectivity index (χ3v) is 4.70. The molecule has 0 aliphatic heterocycles. The summed E-state index contributed by atoms with van der Waals surface area (Å²) >= 11 is 0. The van der Waals surface area contributed by atoms with Crippen molar-refractivity contribution in [1.82, 2.24) is 4.31 Å². The van der Waals surface area contributed by atoms with Gasteiger partial charge in [0.1, 0.15) is 12.3 Å². The number of carboxylic acid groups (broad SMARTS) is 1. The lowest BCUT2D eigenvalue weighted by atomic mass is 10.2. The van der Waals surface area contributed by atoms with Crippen LogP contribution in [0.1, 0.15) is 5.56 Å². The Balaban J connectivity index is 3.15. The first-order valence-electron chi connectivity index (χ1n) is 6.18. The molecule has 0 saturated heterocycles. The molecule has 21 heavy (non-hydrogen) atoms. The molecule has 0 unspecified atom stereocenters. The summed E-state index contributed by atoms with van der Waals surface area (Å²) in [6, 6.07) is 4.39. The molecule has 1 aromatic rings. The molecule has 1 N–H and O–H groups in total. The summed E-state index contributed by atoms with van der Waals surface area (Å²) in [4.78, 5) is 10.9. The van der Waals surface area contributed by atoms with Crippen LogP contribution in [0.5, 0.6) is 5.75 Å². The van der Waals surface area contributed by atoms with Crippen molar-refractivity contribution < 1.29 is 27.8 Å². The maximum atomic E-state index is 12.5. The fourth-order valence-electron chi connectivity index (χ4n) is 1.79. The van der Waals surface area contributed by atoms with Gasteiger partial charge in [0.15, 0.2) is 0 Å². The Kier molecular flexibility index (Phi) is 6.13. The number of hydrogen-bond donors (Lipinski definition) is 1. The quantitative estimate of drug-likeness (QED) is 0.759. The summed E-state index contributed by atoms with van der Waals surface area (Å²) in [5, 5.41) is 8.86. The Labute approximate surface area is 124 Å². The minimum atomic E-state index is -3.90. The zero-order valence-corrected chi connectivity index (χ0v) is 13.0. The maximum Gasteiger partial charge on any atom is 0.318 e. The van der Waals surface area contributed by atoms with Crippen molar-refractivity contribution in [3.05, 3.63) is 23.8 Å². The molecule has 0 aliphatic carbocycles. The van der Waals surface area contributed by atoms with Crippen LogP contribution in [0.25, 0.3) is 0 Å². The van der Waals surface area contributed by atoms with Crippen molar-refractivity contribution in [2.75, 3.05) is 33.9 Å². The van der Waals surface area contributed by atoms with Crippen LogP contribution in [0.2, 0.25) is 0 Å². The summed E-state index contributed by atoms with van der Waals surface area (Å²) in [7, 11) is -0.987. The number of hydrogen-bond acceptors (Lipinski definition) is 5. The van der Waals surface area contributed by atoms with Crippen LogP contribution in [-0.2, 0) is 19.6 Å². The van der Waals surface area contributed by atoms with Crippen LogP contribution in [-0.4, -0.2) is 57.7 Å². The third kappa shape index (κ3) is 4.42. The Morgan fingerprint density at radius 3 is 2.48 bits per heavy atom. The van der Waals surface area contributed by atoms with Gasteiger partial charge in [0.25, 0.3) is 0 Å². The predicted octanol–water partition coefficient (Wildman–Crippen LogP) is 0.725. The number of carboxylic acids is 1. The smallest absolute Gasteiger partial charge is 0.318 e. The lowest BCUT2D eigenvalue weighted by Crippen LogP contribution is -2.38. The van der Waals surface area contributed by atoms with Crippen molar-refractivity contribution >= 4 is 16.0 Å². The normalized spacial score (nSPS) is 11.6. The van der Waals surface area contributed by atoms with E-state index in [0.29, 0.717) is 11.3 Å². The molecule has 1 rings (SSSR count). The number of aryl methyl sites for hydroxylation is 1. The summed E-state index contributed by atoms with van der Waals surface area (Å²) in [6.45, 7) is 1.18. The minimum Gasteiger partial charge on any atom is -0.496 e. The number of nitrogens with zero attached hydrogens (tertiary/aromatic N) is 1. The van der Waals surface area contributed by atoms with Crippen LogP contribution in [0.4, 0.5) is 0 Å². The van der Waals surface area contributed by atoms with E-state index in [4.69, 9.17) is 14.6 Å². The minimum absolute atomic E-state index is 0.0261. The van der Waals surface area contributed by atoms with Gasteiger partial charge in [0, 0.05) is 13.7 Å². The van der Waals surface area contributed by atoms with E-state index in [1.54, 1.807) is 6.92 Å². The molecule has 0 atom stereocenters. The van der Waals surface area contributed by atoms with Gasteiger partial charge in [-0.3, -0.25) is 4.79 Å². The second-order valence-corrected chi connectivity index (χ2v) is 6.29. The zero-order chi connectivity index (χ0) is 16.0. The molecule has 0 amide bonds. The fraction of sp³-hybridized carbons (Fsp3) is 0.462. The molecule has 7 nitrogen and oxygen atoms in total. The molecular formula is C13H19NO6S. The van der Waals surface area contributed by atoms with Crippen LogP contribution < -0.4 is 4.74 Å². The molecule has 0 radical (unpaired) electrons. The van der Waals surface area contributed by atoms with Gasteiger partial charge in [0.2, 0.25) is 10.0 Å². The van der Waals surface area contributed by atoms with Gasteiger partial charge < -0.3 is 14.6 Å². The number of methoxy groups -OCH3 is 2. The number of ether oxygens (including phenoxy) is 2. The van der Waals surface area contributed by atoms with Gasteiger partial charge in [-0.2, -0.15) is 4.31 Å². The number of carbonyl (C=O) groups is 1. The highest BCUT2D eigenvalue weighted by Gasteiger charge is 2.26. The first-order chi connectivity index (χ1) is 9.82. The van der Waals surface area contributed by atoms with Gasteiger partial charge in [-0.15, -0.1) is 0 Å². The molecule has 0 spiro atoms. The number of benzene rings is 1. The molecule has 118 valence electrons. The molecule has 0 aliphatic rings. The summed E-state index contributed by atoms with van der Waals surface area (Å²) < 4.78 is 35.8. The van der Waals surface area contributed by atoms with Gasteiger partial charge >= 0.3 is 5.97 Å². The van der Waals surface area contributed by atoms with E-state index in [1.165, 1.54) is 32.4 Å². The van der Waals surface area contributed by atoms with Gasteiger partial charge in [0.05, 0.1) is 18.6 Å². The summed E-state index contributed by atoms with van der Waals surface area (Å²) in [5.74, 6) is -0.657. The van der Waals surface area contributed by atoms with Gasteiger partial charge in [-0.05, 0) is 30.7 Å². The summed E-state index contributed by atoms with van der Waals surface area (Å²) in [6.07, 6.45) is 0. The third-order valence-electron chi connectivity index (χ3n) is 2.86. The standard InChI is InChI=1S/C13H19NO6S/c1-10-8-11(4-5-12(10)20-3)21(17,18)14(6-7-19-2)9-13(15)16/h4-5,8H,6-7,9H2,1-3H3,(H,15,16). The van der Waals surface area contributed by atoms with Crippen molar-refractivity contribution in [1.29, 1.82) is 0 Å². The fourth-order valence-corrected chi connectivity index (χ4v) is 3.25. The first-order valence-corrected chi connectivity index (χ1v) is 7.62. The lowest BCUT2D eigenvalue weighted by Gasteiger charge is -2.20. The highest BCUT2D eigenvalue weighted by molar-refractivity contribution is 7.89. The van der Waals surface area contributed by atoms with Crippen LogP contribution in [0.3, 0.4) is 0 Å². The molecule has 0 aromatic heterocycles. The number of sulfonamides is 1. The topological polar surface area (TPSA) is 93.1 Å². The first kappa shape index (κ1) is 17.4. The SMILES string of the molecule is COCCN(CC(=O)O)S(=O)(=O)c1ccc(OC)c(C)c1. The zero-order valence-electron chi connectivity index (χ0n) is 12.2. The van der Waals surface area contributed by atoms with E-state index in [0.717, 1.165) is 4.31 Å². The van der Waals surface area contributed by atoms with Crippen molar-refractivity contribution in [3.63, 3.8) is 0 Å². The predicted molar refractivity (Wildman–Crippen MR) is 76.0 cm³/mol. The van der Waals surface area contributed by atoms with E-state index in [-0.39, 0.29) is 18.0 Å². The van der Waals surface area contributed by atoms with E-state index in [1.807, 2.05) is 0 Å². The van der Waals surface area contributed by atoms with E-state index >= 15 is 0 Å². The van der Waals surface area contributed by atoms with Crippen molar-refractivity contribution in [3.8, 4) is 5.75 Å². The Bertz CT molecular complexity index is 599. The molecular weight excluding hydrogens is 298 g/mol. The van der Waals surface area contributed by atoms with E-state index in [2.05, 4.69) is 0 Å². The molecule has 8 heteroatoms. The number of rotatable bonds is 8.